The average molecular weight is 261 g/mol. The van der Waals surface area contributed by atoms with E-state index < -0.39 is 9.84 Å². The van der Waals surface area contributed by atoms with Gasteiger partial charge in [-0.25, -0.2) is 8.42 Å². The molecule has 6 heteroatoms. The Labute approximate surface area is 102 Å². The van der Waals surface area contributed by atoms with Crippen LogP contribution in [-0.2, 0) is 19.3 Å². The molecule has 0 amide bonds. The highest BCUT2D eigenvalue weighted by atomic mass is 32.2. The minimum atomic E-state index is -2.78. The van der Waals surface area contributed by atoms with Crippen molar-refractivity contribution in [1.82, 2.24) is 5.32 Å². The first-order valence-electron chi connectivity index (χ1n) is 6.27. The molecule has 3 fully saturated rings. The molecule has 1 spiro atoms. The SMILES string of the molecule is O=S1(=O)CCC(C2NCCOC23COC3)CC1. The quantitative estimate of drug-likeness (QED) is 0.694. The average Bonchev–Trinajstić information content (AvgIpc) is 2.27. The second-order valence-corrected chi connectivity index (χ2v) is 7.63. The number of morpholine rings is 1. The zero-order valence-corrected chi connectivity index (χ0v) is 10.7. The lowest BCUT2D eigenvalue weighted by atomic mass is 9.79. The molecule has 3 aliphatic rings. The molecule has 98 valence electrons. The molecule has 5 nitrogen and oxygen atoms in total. The van der Waals surface area contributed by atoms with Crippen LogP contribution in [0.1, 0.15) is 12.8 Å². The highest BCUT2D eigenvalue weighted by Gasteiger charge is 2.52. The van der Waals surface area contributed by atoms with Gasteiger partial charge in [-0.1, -0.05) is 0 Å². The van der Waals surface area contributed by atoms with Gasteiger partial charge in [-0.3, -0.25) is 0 Å². The van der Waals surface area contributed by atoms with Crippen LogP contribution >= 0.6 is 0 Å². The summed E-state index contributed by atoms with van der Waals surface area (Å²) in [5.74, 6) is 1.06. The Morgan fingerprint density at radius 2 is 1.88 bits per heavy atom. The standard InChI is InChI=1S/C11H19NO4S/c13-17(14)5-1-9(2-6-17)10-11(7-15-8-11)16-4-3-12-10/h9-10,12H,1-8H2. The topological polar surface area (TPSA) is 64.6 Å². The van der Waals surface area contributed by atoms with Crippen molar-refractivity contribution in [3.8, 4) is 0 Å². The van der Waals surface area contributed by atoms with E-state index in [-0.39, 0.29) is 11.6 Å². The third kappa shape index (κ3) is 2.12. The van der Waals surface area contributed by atoms with Gasteiger partial charge in [0.05, 0.1) is 31.3 Å². The highest BCUT2D eigenvalue weighted by Crippen LogP contribution is 2.36. The van der Waals surface area contributed by atoms with Crippen LogP contribution in [0.4, 0.5) is 0 Å². The largest absolute Gasteiger partial charge is 0.375 e. The molecule has 0 radical (unpaired) electrons. The highest BCUT2D eigenvalue weighted by molar-refractivity contribution is 7.91. The number of nitrogens with one attached hydrogen (secondary N) is 1. The lowest BCUT2D eigenvalue weighted by Gasteiger charge is -2.52. The maximum absolute atomic E-state index is 11.4. The van der Waals surface area contributed by atoms with Crippen molar-refractivity contribution < 1.29 is 17.9 Å². The van der Waals surface area contributed by atoms with Crippen LogP contribution < -0.4 is 5.32 Å². The van der Waals surface area contributed by atoms with Gasteiger partial charge in [0.2, 0.25) is 0 Å². The molecule has 3 aliphatic heterocycles. The van der Waals surface area contributed by atoms with E-state index in [9.17, 15) is 8.42 Å². The molecule has 17 heavy (non-hydrogen) atoms. The fourth-order valence-electron chi connectivity index (χ4n) is 3.15. The summed E-state index contributed by atoms with van der Waals surface area (Å²) in [5.41, 5.74) is -0.177. The Morgan fingerprint density at radius 3 is 2.47 bits per heavy atom. The maximum atomic E-state index is 11.4. The van der Waals surface area contributed by atoms with Crippen molar-refractivity contribution >= 4 is 9.84 Å². The summed E-state index contributed by atoms with van der Waals surface area (Å²) in [6, 6.07) is 0.264. The van der Waals surface area contributed by atoms with Crippen molar-refractivity contribution in [2.45, 2.75) is 24.5 Å². The zero-order chi connectivity index (χ0) is 11.9. The van der Waals surface area contributed by atoms with Gasteiger partial charge in [0.15, 0.2) is 0 Å². The Morgan fingerprint density at radius 1 is 1.18 bits per heavy atom. The minimum Gasteiger partial charge on any atom is -0.375 e. The first kappa shape index (κ1) is 11.9. The molecule has 0 aliphatic carbocycles. The zero-order valence-electron chi connectivity index (χ0n) is 9.85. The molecule has 0 aromatic rings. The summed E-state index contributed by atoms with van der Waals surface area (Å²) in [4.78, 5) is 0. The second-order valence-electron chi connectivity index (χ2n) is 5.33. The van der Waals surface area contributed by atoms with E-state index in [2.05, 4.69) is 5.32 Å². The summed E-state index contributed by atoms with van der Waals surface area (Å²) in [6.07, 6.45) is 1.51. The van der Waals surface area contributed by atoms with Gasteiger partial charge in [-0.15, -0.1) is 0 Å². The van der Waals surface area contributed by atoms with Crippen LogP contribution in [0.5, 0.6) is 0 Å². The predicted molar refractivity (Wildman–Crippen MR) is 62.7 cm³/mol. The molecule has 3 heterocycles. The second kappa shape index (κ2) is 4.19. The summed E-state index contributed by atoms with van der Waals surface area (Å²) in [5, 5.41) is 3.51. The van der Waals surface area contributed by atoms with Gasteiger partial charge >= 0.3 is 0 Å². The third-order valence-electron chi connectivity index (χ3n) is 4.19. The molecule has 1 N–H and O–H groups in total. The van der Waals surface area contributed by atoms with E-state index in [0.717, 1.165) is 26.0 Å². The first-order valence-corrected chi connectivity index (χ1v) is 8.09. The number of ether oxygens (including phenoxy) is 2. The fourth-order valence-corrected chi connectivity index (χ4v) is 4.68. The number of hydrogen-bond acceptors (Lipinski definition) is 5. The number of sulfone groups is 1. The fraction of sp³-hybridized carbons (Fsp3) is 1.00. The van der Waals surface area contributed by atoms with Gasteiger partial charge in [0.1, 0.15) is 15.4 Å². The van der Waals surface area contributed by atoms with Crippen molar-refractivity contribution in [2.24, 2.45) is 5.92 Å². The molecular weight excluding hydrogens is 242 g/mol. The van der Waals surface area contributed by atoms with Gasteiger partial charge in [0.25, 0.3) is 0 Å². The van der Waals surface area contributed by atoms with Gasteiger partial charge < -0.3 is 14.8 Å². The van der Waals surface area contributed by atoms with E-state index >= 15 is 0 Å². The van der Waals surface area contributed by atoms with Crippen LogP contribution in [0.3, 0.4) is 0 Å². The Bertz CT molecular complexity index is 376. The van der Waals surface area contributed by atoms with Crippen LogP contribution in [0.25, 0.3) is 0 Å². The Balaban J connectivity index is 1.71. The maximum Gasteiger partial charge on any atom is 0.150 e. The molecule has 1 unspecified atom stereocenters. The molecule has 3 saturated heterocycles. The molecule has 1 atom stereocenters. The lowest BCUT2D eigenvalue weighted by molar-refractivity contribution is -0.244. The molecular formula is C11H19NO4S. The van der Waals surface area contributed by atoms with Gasteiger partial charge in [0, 0.05) is 12.6 Å². The van der Waals surface area contributed by atoms with Crippen LogP contribution in [0.15, 0.2) is 0 Å². The molecule has 3 rings (SSSR count). The van der Waals surface area contributed by atoms with Crippen LogP contribution in [0.2, 0.25) is 0 Å². The van der Waals surface area contributed by atoms with Gasteiger partial charge in [-0.05, 0) is 18.8 Å². The van der Waals surface area contributed by atoms with E-state index in [1.165, 1.54) is 0 Å². The van der Waals surface area contributed by atoms with E-state index in [4.69, 9.17) is 9.47 Å². The smallest absolute Gasteiger partial charge is 0.150 e. The van der Waals surface area contributed by atoms with Crippen molar-refractivity contribution in [3.05, 3.63) is 0 Å². The Kier molecular flexibility index (Phi) is 2.93. The van der Waals surface area contributed by atoms with Crippen LogP contribution in [0, 0.1) is 5.92 Å². The summed E-state index contributed by atoms with van der Waals surface area (Å²) < 4.78 is 34.1. The van der Waals surface area contributed by atoms with Crippen LogP contribution in [-0.4, -0.2) is 57.9 Å². The summed E-state index contributed by atoms with van der Waals surface area (Å²) >= 11 is 0. The van der Waals surface area contributed by atoms with Crippen molar-refractivity contribution in [3.63, 3.8) is 0 Å². The number of rotatable bonds is 1. The Hall–Kier alpha value is -0.170. The van der Waals surface area contributed by atoms with Gasteiger partial charge in [-0.2, -0.15) is 0 Å². The number of hydrogen-bond donors (Lipinski definition) is 1. The summed E-state index contributed by atoms with van der Waals surface area (Å²) in [7, 11) is -2.78. The predicted octanol–water partition coefficient (Wildman–Crippen LogP) is -0.431. The van der Waals surface area contributed by atoms with E-state index in [1.807, 2.05) is 0 Å². The molecule has 0 aromatic carbocycles. The van der Waals surface area contributed by atoms with Crippen molar-refractivity contribution in [2.75, 3.05) is 37.9 Å². The monoisotopic (exact) mass is 261 g/mol. The minimum absolute atomic E-state index is 0.177. The first-order chi connectivity index (χ1) is 8.11. The van der Waals surface area contributed by atoms with E-state index in [0.29, 0.717) is 30.6 Å². The molecule has 0 bridgehead atoms. The lowest BCUT2D eigenvalue weighted by Crippen LogP contribution is -2.70. The normalized spacial score (nSPS) is 36.6. The van der Waals surface area contributed by atoms with E-state index in [1.54, 1.807) is 0 Å². The molecule has 0 saturated carbocycles. The van der Waals surface area contributed by atoms with Crippen molar-refractivity contribution in [1.29, 1.82) is 0 Å². The summed E-state index contributed by atoms with van der Waals surface area (Å²) in [6.45, 7) is 2.88. The molecule has 0 aromatic heterocycles. The third-order valence-corrected chi connectivity index (χ3v) is 5.90.